The monoisotopic (exact) mass is 389 g/mol. The molecule has 3 rings (SSSR count). The number of nitrogens with zero attached hydrogens (tertiary/aromatic N) is 2. The molecule has 1 atom stereocenters. The second-order valence-electron chi connectivity index (χ2n) is 7.49. The molecule has 29 heavy (non-hydrogen) atoms. The number of nitrogen functional groups attached to an aromatic ring is 1. The van der Waals surface area contributed by atoms with E-state index in [1.165, 1.54) is 0 Å². The third-order valence-electron chi connectivity index (χ3n) is 5.07. The number of amides is 1. The smallest absolute Gasteiger partial charge is 0.251 e. The van der Waals surface area contributed by atoms with Crippen LogP contribution < -0.4 is 16.4 Å². The van der Waals surface area contributed by atoms with E-state index >= 15 is 0 Å². The lowest BCUT2D eigenvalue weighted by molar-refractivity contribution is 0.0930. The van der Waals surface area contributed by atoms with E-state index in [1.54, 1.807) is 18.3 Å². The highest BCUT2D eigenvalue weighted by Gasteiger charge is 2.12. The molecule has 0 aliphatic heterocycles. The lowest BCUT2D eigenvalue weighted by Crippen LogP contribution is -2.36. The maximum absolute atomic E-state index is 12.3. The van der Waals surface area contributed by atoms with E-state index < -0.39 is 0 Å². The van der Waals surface area contributed by atoms with Gasteiger partial charge in [0.15, 0.2) is 0 Å². The Balaban J connectivity index is 1.74. The van der Waals surface area contributed by atoms with E-state index in [1.807, 2.05) is 50.2 Å². The number of benzene rings is 2. The Hall–Kier alpha value is -3.41. The van der Waals surface area contributed by atoms with Gasteiger partial charge in [0.25, 0.3) is 5.91 Å². The molecule has 4 N–H and O–H groups in total. The Morgan fingerprint density at radius 2 is 1.76 bits per heavy atom. The maximum atomic E-state index is 12.3. The SMILES string of the molecule is Cc1c(N)cccc1-c1ccnc(Nc2ccc(C(=O)NC(C)C(C)C)cc2)n1. The first kappa shape index (κ1) is 20.3. The van der Waals surface area contributed by atoms with Crippen LogP contribution in [0.2, 0.25) is 0 Å². The molecule has 1 amide bonds. The van der Waals surface area contributed by atoms with Crippen molar-refractivity contribution in [1.82, 2.24) is 15.3 Å². The number of nitrogens with two attached hydrogens (primary N) is 1. The fourth-order valence-electron chi connectivity index (χ4n) is 2.79. The molecule has 0 saturated carbocycles. The molecular weight excluding hydrogens is 362 g/mol. The molecule has 0 aliphatic rings. The standard InChI is InChI=1S/C23H27N5O/c1-14(2)16(4)26-22(29)17-8-10-18(11-9-17)27-23-25-13-12-21(28-23)19-6-5-7-20(24)15(19)3/h5-14,16H,24H2,1-4H3,(H,26,29)(H,25,27,28). The van der Waals surface area contributed by atoms with Gasteiger partial charge < -0.3 is 16.4 Å². The highest BCUT2D eigenvalue weighted by Crippen LogP contribution is 2.26. The van der Waals surface area contributed by atoms with Gasteiger partial charge in [0, 0.05) is 34.7 Å². The van der Waals surface area contributed by atoms with E-state index in [9.17, 15) is 4.79 Å². The van der Waals surface area contributed by atoms with Crippen LogP contribution >= 0.6 is 0 Å². The molecule has 0 spiro atoms. The van der Waals surface area contributed by atoms with Crippen molar-refractivity contribution in [2.75, 3.05) is 11.1 Å². The predicted octanol–water partition coefficient (Wildman–Crippen LogP) is 4.55. The summed E-state index contributed by atoms with van der Waals surface area (Å²) in [5.41, 5.74) is 10.9. The lowest BCUT2D eigenvalue weighted by Gasteiger charge is -2.17. The third-order valence-corrected chi connectivity index (χ3v) is 5.07. The van der Waals surface area contributed by atoms with Crippen molar-refractivity contribution >= 4 is 23.2 Å². The minimum Gasteiger partial charge on any atom is -0.398 e. The predicted molar refractivity (Wildman–Crippen MR) is 118 cm³/mol. The number of anilines is 3. The Bertz CT molecular complexity index is 998. The highest BCUT2D eigenvalue weighted by molar-refractivity contribution is 5.94. The van der Waals surface area contributed by atoms with E-state index in [0.29, 0.717) is 17.4 Å². The molecule has 6 heteroatoms. The molecule has 0 saturated heterocycles. The summed E-state index contributed by atoms with van der Waals surface area (Å²) in [5.74, 6) is 0.788. The van der Waals surface area contributed by atoms with Crippen molar-refractivity contribution in [3.05, 3.63) is 65.9 Å². The van der Waals surface area contributed by atoms with Crippen molar-refractivity contribution in [2.24, 2.45) is 5.92 Å². The van der Waals surface area contributed by atoms with Gasteiger partial charge in [0.1, 0.15) is 0 Å². The van der Waals surface area contributed by atoms with Gasteiger partial charge in [-0.2, -0.15) is 0 Å². The summed E-state index contributed by atoms with van der Waals surface area (Å²) in [5, 5.41) is 6.19. The number of aromatic nitrogens is 2. The quantitative estimate of drug-likeness (QED) is 0.538. The first-order chi connectivity index (χ1) is 13.8. The topological polar surface area (TPSA) is 92.9 Å². The number of hydrogen-bond donors (Lipinski definition) is 3. The molecule has 0 bridgehead atoms. The maximum Gasteiger partial charge on any atom is 0.251 e. The van der Waals surface area contributed by atoms with Crippen LogP contribution in [0.25, 0.3) is 11.3 Å². The van der Waals surface area contributed by atoms with Gasteiger partial charge in [-0.15, -0.1) is 0 Å². The summed E-state index contributed by atoms with van der Waals surface area (Å²) >= 11 is 0. The Labute approximate surface area is 171 Å². The molecule has 1 unspecified atom stereocenters. The van der Waals surface area contributed by atoms with Gasteiger partial charge in [-0.05, 0) is 61.7 Å². The first-order valence-electron chi connectivity index (χ1n) is 9.71. The van der Waals surface area contributed by atoms with Crippen LogP contribution in [0.4, 0.5) is 17.3 Å². The molecule has 3 aromatic rings. The number of nitrogens with one attached hydrogen (secondary N) is 2. The van der Waals surface area contributed by atoms with Gasteiger partial charge in [0.05, 0.1) is 5.69 Å². The van der Waals surface area contributed by atoms with Crippen molar-refractivity contribution in [3.63, 3.8) is 0 Å². The summed E-state index contributed by atoms with van der Waals surface area (Å²) in [6.45, 7) is 8.14. The molecule has 2 aromatic carbocycles. The van der Waals surface area contributed by atoms with Gasteiger partial charge in [-0.25, -0.2) is 9.97 Å². The van der Waals surface area contributed by atoms with Crippen molar-refractivity contribution in [2.45, 2.75) is 33.7 Å². The fraction of sp³-hybridized carbons (Fsp3) is 0.261. The van der Waals surface area contributed by atoms with Crippen LogP contribution in [0.5, 0.6) is 0 Å². The second kappa shape index (κ2) is 8.73. The zero-order valence-corrected chi connectivity index (χ0v) is 17.2. The average molecular weight is 390 g/mol. The minimum atomic E-state index is -0.0758. The minimum absolute atomic E-state index is 0.0758. The van der Waals surface area contributed by atoms with Crippen LogP contribution in [-0.2, 0) is 0 Å². The number of hydrogen-bond acceptors (Lipinski definition) is 5. The average Bonchev–Trinajstić information content (AvgIpc) is 2.70. The van der Waals surface area contributed by atoms with Crippen LogP contribution in [0, 0.1) is 12.8 Å². The Morgan fingerprint density at radius 1 is 1.03 bits per heavy atom. The van der Waals surface area contributed by atoms with E-state index in [2.05, 4.69) is 34.4 Å². The van der Waals surface area contributed by atoms with E-state index in [-0.39, 0.29) is 11.9 Å². The summed E-state index contributed by atoms with van der Waals surface area (Å²) in [6.07, 6.45) is 1.71. The largest absolute Gasteiger partial charge is 0.398 e. The molecule has 0 radical (unpaired) electrons. The zero-order chi connectivity index (χ0) is 21.0. The van der Waals surface area contributed by atoms with Crippen molar-refractivity contribution < 1.29 is 4.79 Å². The van der Waals surface area contributed by atoms with E-state index in [0.717, 1.165) is 28.2 Å². The van der Waals surface area contributed by atoms with Gasteiger partial charge in [0.2, 0.25) is 5.95 Å². The second-order valence-corrected chi connectivity index (χ2v) is 7.49. The molecule has 1 heterocycles. The number of carbonyl (C=O) groups is 1. The summed E-state index contributed by atoms with van der Waals surface area (Å²) in [6, 6.07) is 15.0. The van der Waals surface area contributed by atoms with Crippen molar-refractivity contribution in [3.8, 4) is 11.3 Å². The normalized spacial score (nSPS) is 11.9. The number of carbonyl (C=O) groups excluding carboxylic acids is 1. The van der Waals surface area contributed by atoms with Gasteiger partial charge in [-0.3, -0.25) is 4.79 Å². The van der Waals surface area contributed by atoms with Crippen LogP contribution in [0.1, 0.15) is 36.7 Å². The molecule has 1 aromatic heterocycles. The van der Waals surface area contributed by atoms with Crippen molar-refractivity contribution in [1.29, 1.82) is 0 Å². The molecule has 0 aliphatic carbocycles. The third kappa shape index (κ3) is 4.90. The summed E-state index contributed by atoms with van der Waals surface area (Å²) in [4.78, 5) is 21.2. The Morgan fingerprint density at radius 3 is 2.45 bits per heavy atom. The fourth-order valence-corrected chi connectivity index (χ4v) is 2.79. The van der Waals surface area contributed by atoms with E-state index in [4.69, 9.17) is 5.73 Å². The lowest BCUT2D eigenvalue weighted by atomic mass is 10.0. The van der Waals surface area contributed by atoms with Crippen LogP contribution in [-0.4, -0.2) is 21.9 Å². The first-order valence-corrected chi connectivity index (χ1v) is 9.71. The Kier molecular flexibility index (Phi) is 6.12. The van der Waals surface area contributed by atoms with Gasteiger partial charge in [-0.1, -0.05) is 26.0 Å². The summed E-state index contributed by atoms with van der Waals surface area (Å²) < 4.78 is 0. The zero-order valence-electron chi connectivity index (χ0n) is 17.2. The number of rotatable bonds is 6. The summed E-state index contributed by atoms with van der Waals surface area (Å²) in [7, 11) is 0. The molecule has 150 valence electrons. The van der Waals surface area contributed by atoms with Crippen LogP contribution in [0.15, 0.2) is 54.7 Å². The molecule has 6 nitrogen and oxygen atoms in total. The highest BCUT2D eigenvalue weighted by atomic mass is 16.1. The molecule has 0 fully saturated rings. The van der Waals surface area contributed by atoms with Crippen LogP contribution in [0.3, 0.4) is 0 Å². The molecular formula is C23H27N5O. The van der Waals surface area contributed by atoms with Gasteiger partial charge >= 0.3 is 0 Å².